The van der Waals surface area contributed by atoms with Gasteiger partial charge >= 0.3 is 18.1 Å². The summed E-state index contributed by atoms with van der Waals surface area (Å²) in [5.74, 6) is -2.21. The van der Waals surface area contributed by atoms with Crippen molar-refractivity contribution in [2.45, 2.75) is 62.1 Å². The highest BCUT2D eigenvalue weighted by molar-refractivity contribution is 5.82. The summed E-state index contributed by atoms with van der Waals surface area (Å²) in [6, 6.07) is 4.68. The van der Waals surface area contributed by atoms with Gasteiger partial charge in [-0.2, -0.15) is 13.2 Å². The Morgan fingerprint density at radius 2 is 2.00 bits per heavy atom. The van der Waals surface area contributed by atoms with E-state index in [1.807, 2.05) is 47.5 Å². The molecular weight excluding hydrogens is 491 g/mol. The normalized spacial score (nSPS) is 36.0. The first-order valence-electron chi connectivity index (χ1n) is 12.4. The van der Waals surface area contributed by atoms with Crippen LogP contribution in [0.4, 0.5) is 18.9 Å². The number of esters is 1. The van der Waals surface area contributed by atoms with Gasteiger partial charge in [0.2, 0.25) is 0 Å². The van der Waals surface area contributed by atoms with Crippen LogP contribution in [0.2, 0.25) is 0 Å². The fourth-order valence-corrected chi connectivity index (χ4v) is 7.97. The zero-order chi connectivity index (χ0) is 27.0. The van der Waals surface area contributed by atoms with Crippen LogP contribution < -0.4 is 15.0 Å². The molecule has 0 bridgehead atoms. The highest BCUT2D eigenvalue weighted by atomic mass is 19.4. The monoisotopic (exact) mass is 523 g/mol. The fraction of sp³-hybridized carbons (Fsp3) is 0.615. The molecule has 0 radical (unpaired) electrons. The van der Waals surface area contributed by atoms with E-state index in [1.54, 1.807) is 14.2 Å². The highest BCUT2D eigenvalue weighted by Crippen LogP contribution is 2.67. The van der Waals surface area contributed by atoms with Crippen molar-refractivity contribution in [1.82, 2.24) is 10.2 Å². The van der Waals surface area contributed by atoms with Crippen molar-refractivity contribution < 1.29 is 37.3 Å². The van der Waals surface area contributed by atoms with E-state index in [0.717, 1.165) is 11.3 Å². The van der Waals surface area contributed by atoms with Gasteiger partial charge in [0.1, 0.15) is 17.5 Å². The Labute approximate surface area is 213 Å². The minimum absolute atomic E-state index is 0.194. The summed E-state index contributed by atoms with van der Waals surface area (Å²) in [4.78, 5) is 28.5. The number of fused-ring (bicyclic) bond motifs is 1. The molecule has 1 unspecified atom stereocenters. The summed E-state index contributed by atoms with van der Waals surface area (Å²) in [5, 5.41) is 14.5. The fourth-order valence-electron chi connectivity index (χ4n) is 7.97. The zero-order valence-corrected chi connectivity index (χ0v) is 21.3. The van der Waals surface area contributed by atoms with Gasteiger partial charge in [-0.3, -0.25) is 14.5 Å². The van der Waals surface area contributed by atoms with Crippen LogP contribution in [-0.2, 0) is 19.7 Å². The molecule has 2 N–H and O–H groups in total. The second-order valence-corrected chi connectivity index (χ2v) is 10.6. The van der Waals surface area contributed by atoms with Crippen LogP contribution in [0.1, 0.15) is 32.3 Å². The molecule has 1 spiro atoms. The highest BCUT2D eigenvalue weighted by Gasteiger charge is 2.77. The third-order valence-corrected chi connectivity index (χ3v) is 9.01. The van der Waals surface area contributed by atoms with E-state index in [9.17, 15) is 27.9 Å². The van der Waals surface area contributed by atoms with Crippen LogP contribution in [0.3, 0.4) is 0 Å². The van der Waals surface area contributed by atoms with Gasteiger partial charge in [-0.05, 0) is 31.0 Å². The predicted molar refractivity (Wildman–Crippen MR) is 128 cm³/mol. The SMILES string of the molecule is CC[C@]12C=CCN3CC[C@@]4(c5ccc(OC)cc5N(C)[C@H]4C(O)(CNC(=O)C(F)(F)F)[C@@H]1OC(C)=O)[C@@H]32. The van der Waals surface area contributed by atoms with Gasteiger partial charge in [0.15, 0.2) is 0 Å². The number of carbonyl (C=O) groups is 2. The lowest BCUT2D eigenvalue weighted by atomic mass is 9.47. The maximum absolute atomic E-state index is 13.2. The Balaban J connectivity index is 1.76. The predicted octanol–water partition coefficient (Wildman–Crippen LogP) is 2.15. The molecule has 11 heteroatoms. The molecule has 6 atom stereocenters. The summed E-state index contributed by atoms with van der Waals surface area (Å²) >= 11 is 0. The van der Waals surface area contributed by atoms with Crippen molar-refractivity contribution >= 4 is 17.6 Å². The van der Waals surface area contributed by atoms with Crippen LogP contribution in [-0.4, -0.2) is 85.6 Å². The Morgan fingerprint density at radius 3 is 2.62 bits per heavy atom. The molecule has 3 heterocycles. The number of amides is 1. The van der Waals surface area contributed by atoms with Gasteiger partial charge in [0, 0.05) is 49.1 Å². The molecule has 202 valence electrons. The first-order valence-corrected chi connectivity index (χ1v) is 12.4. The molecule has 4 aliphatic rings. The quantitative estimate of drug-likeness (QED) is 0.452. The Morgan fingerprint density at radius 1 is 1.27 bits per heavy atom. The standard InChI is InChI=1S/C26H32F3N3O5/c1-5-23-9-6-11-32-12-10-24(19(23)32)17-8-7-16(36-4)13-18(17)31(3)20(24)25(35,21(23)37-15(2)33)14-30-22(34)26(27,28)29/h6-9,13,19-21,35H,5,10-12,14H2,1-4H3,(H,30,34)/t19-,20+,21+,23+,24+,25?/m0/s1. The molecule has 0 aromatic heterocycles. The van der Waals surface area contributed by atoms with E-state index in [2.05, 4.69) is 4.90 Å². The average molecular weight is 524 g/mol. The number of benzene rings is 1. The molecular formula is C26H32F3N3O5. The molecule has 5 rings (SSSR count). The number of nitrogens with one attached hydrogen (secondary N) is 1. The Kier molecular flexibility index (Phi) is 5.84. The molecule has 3 aliphatic heterocycles. The molecule has 1 saturated heterocycles. The Hall–Kier alpha value is -2.79. The lowest BCUT2D eigenvalue weighted by Gasteiger charge is -2.64. The summed E-state index contributed by atoms with van der Waals surface area (Å²) in [7, 11) is 3.33. The number of carbonyl (C=O) groups excluding carboxylic acids is 2. The topological polar surface area (TPSA) is 91.3 Å². The maximum atomic E-state index is 13.2. The molecule has 1 saturated carbocycles. The van der Waals surface area contributed by atoms with Gasteiger partial charge in [-0.25, -0.2) is 0 Å². The number of nitrogens with zero attached hydrogens (tertiary/aromatic N) is 2. The second-order valence-electron chi connectivity index (χ2n) is 10.6. The number of aliphatic hydroxyl groups is 1. The molecule has 8 nitrogen and oxygen atoms in total. The zero-order valence-electron chi connectivity index (χ0n) is 21.3. The van der Waals surface area contributed by atoms with Crippen LogP contribution in [0, 0.1) is 5.41 Å². The largest absolute Gasteiger partial charge is 0.497 e. The van der Waals surface area contributed by atoms with E-state index in [-0.39, 0.29) is 6.04 Å². The number of halogens is 3. The first-order chi connectivity index (χ1) is 17.4. The van der Waals surface area contributed by atoms with Gasteiger partial charge in [0.05, 0.1) is 19.7 Å². The third kappa shape index (κ3) is 3.35. The smallest absolute Gasteiger partial charge is 0.471 e. The number of ether oxygens (including phenoxy) is 2. The lowest BCUT2D eigenvalue weighted by Crippen LogP contribution is -2.81. The molecule has 1 amide bonds. The van der Waals surface area contributed by atoms with Gasteiger partial charge in [-0.1, -0.05) is 25.1 Å². The van der Waals surface area contributed by atoms with Crippen molar-refractivity contribution in [3.05, 3.63) is 35.9 Å². The Bertz CT molecular complexity index is 1160. The summed E-state index contributed by atoms with van der Waals surface area (Å²) in [5.41, 5.74) is -1.92. The van der Waals surface area contributed by atoms with E-state index < -0.39 is 53.2 Å². The number of hydrogen-bond donors (Lipinski definition) is 2. The van der Waals surface area contributed by atoms with Gasteiger partial charge in [-0.15, -0.1) is 0 Å². The maximum Gasteiger partial charge on any atom is 0.471 e. The number of hydrogen-bond acceptors (Lipinski definition) is 7. The minimum atomic E-state index is -5.13. The third-order valence-electron chi connectivity index (χ3n) is 9.01. The molecule has 2 fully saturated rings. The van der Waals surface area contributed by atoms with Crippen LogP contribution in [0.15, 0.2) is 30.4 Å². The van der Waals surface area contributed by atoms with Crippen molar-refractivity contribution in [3.63, 3.8) is 0 Å². The van der Waals surface area contributed by atoms with Crippen LogP contribution in [0.5, 0.6) is 5.75 Å². The number of methoxy groups -OCH3 is 1. The molecule has 37 heavy (non-hydrogen) atoms. The van der Waals surface area contributed by atoms with Crippen molar-refractivity contribution in [1.29, 1.82) is 0 Å². The van der Waals surface area contributed by atoms with E-state index in [4.69, 9.17) is 9.47 Å². The molecule has 1 aromatic rings. The van der Waals surface area contributed by atoms with E-state index >= 15 is 0 Å². The second kappa shape index (κ2) is 8.36. The lowest BCUT2D eigenvalue weighted by molar-refractivity contribution is -0.219. The van der Waals surface area contributed by atoms with Gasteiger partial charge < -0.3 is 24.8 Å². The molecule has 1 aromatic carbocycles. The minimum Gasteiger partial charge on any atom is -0.497 e. The summed E-state index contributed by atoms with van der Waals surface area (Å²) < 4.78 is 51.0. The van der Waals surface area contributed by atoms with Crippen molar-refractivity contribution in [2.75, 3.05) is 38.7 Å². The number of likely N-dealkylation sites (N-methyl/N-ethyl adjacent to an activating group) is 1. The van der Waals surface area contributed by atoms with Crippen molar-refractivity contribution in [3.8, 4) is 5.75 Å². The van der Waals surface area contributed by atoms with Crippen LogP contribution in [0.25, 0.3) is 0 Å². The number of anilines is 1. The van der Waals surface area contributed by atoms with E-state index in [1.165, 1.54) is 6.92 Å². The summed E-state index contributed by atoms with van der Waals surface area (Å²) in [6.45, 7) is 3.78. The average Bonchev–Trinajstić information content (AvgIpc) is 3.36. The van der Waals surface area contributed by atoms with Gasteiger partial charge in [0.25, 0.3) is 0 Å². The first kappa shape index (κ1) is 25.8. The van der Waals surface area contributed by atoms with E-state index in [0.29, 0.717) is 31.7 Å². The number of rotatable bonds is 5. The number of alkyl halides is 3. The summed E-state index contributed by atoms with van der Waals surface area (Å²) in [6.07, 6.45) is -1.31. The van der Waals surface area contributed by atoms with Crippen molar-refractivity contribution in [2.24, 2.45) is 5.41 Å². The molecule has 1 aliphatic carbocycles. The van der Waals surface area contributed by atoms with Crippen LogP contribution >= 0.6 is 0 Å².